The molecule has 3 aromatic rings. The fourth-order valence-corrected chi connectivity index (χ4v) is 3.45. The highest BCUT2D eigenvalue weighted by Gasteiger charge is 2.30. The van der Waals surface area contributed by atoms with Crippen molar-refractivity contribution in [2.24, 2.45) is 0 Å². The molecule has 1 aliphatic rings. The number of rotatable bonds is 5. The molecule has 0 atom stereocenters. The highest BCUT2D eigenvalue weighted by molar-refractivity contribution is 6.30. The van der Waals surface area contributed by atoms with Gasteiger partial charge in [0, 0.05) is 23.6 Å². The van der Waals surface area contributed by atoms with Gasteiger partial charge in [0.25, 0.3) is 0 Å². The molecule has 8 heteroatoms. The molecule has 152 valence electrons. The zero-order chi connectivity index (χ0) is 21.3. The number of hydrogen-bond acceptors (Lipinski definition) is 6. The van der Waals surface area contributed by atoms with Gasteiger partial charge < -0.3 is 14.0 Å². The fourth-order valence-electron chi connectivity index (χ4n) is 3.10. The van der Waals surface area contributed by atoms with Crippen molar-refractivity contribution in [2.75, 3.05) is 0 Å². The van der Waals surface area contributed by atoms with Crippen molar-refractivity contribution in [1.82, 2.24) is 5.16 Å². The molecular weight excluding hydrogens is 429 g/mol. The average Bonchev–Trinajstić information content (AvgIpc) is 3.23. The van der Waals surface area contributed by atoms with E-state index in [2.05, 4.69) is 5.16 Å². The second-order valence-corrected chi connectivity index (χ2v) is 7.52. The number of benzene rings is 2. The lowest BCUT2D eigenvalue weighted by Gasteiger charge is -2.07. The predicted octanol–water partition coefficient (Wildman–Crippen LogP) is 5.44. The van der Waals surface area contributed by atoms with Gasteiger partial charge >= 0.3 is 5.97 Å². The molecule has 0 spiro atoms. The van der Waals surface area contributed by atoms with Crippen molar-refractivity contribution in [3.05, 3.63) is 80.9 Å². The SMILES string of the molecule is Cc1cc(OC(=O)CCc2cc(Cl)no2)cc2c1C(=O)/C(=C/c1cccc(Cl)c1)O2. The molecule has 0 radical (unpaired) electrons. The van der Waals surface area contributed by atoms with Crippen LogP contribution in [0.4, 0.5) is 0 Å². The number of ketones is 1. The maximum atomic E-state index is 12.7. The summed E-state index contributed by atoms with van der Waals surface area (Å²) in [6, 6.07) is 11.8. The number of carbonyl (C=O) groups excluding carboxylic acids is 2. The molecule has 0 amide bonds. The Morgan fingerprint density at radius 3 is 2.77 bits per heavy atom. The van der Waals surface area contributed by atoms with Crippen LogP contribution in [0, 0.1) is 6.92 Å². The summed E-state index contributed by atoms with van der Waals surface area (Å²) in [6.07, 6.45) is 2.02. The number of ether oxygens (including phenoxy) is 2. The molecular formula is C22H15Cl2NO5. The second kappa shape index (κ2) is 8.34. The molecule has 0 unspecified atom stereocenters. The van der Waals surface area contributed by atoms with Gasteiger partial charge in [-0.3, -0.25) is 9.59 Å². The van der Waals surface area contributed by atoms with Crippen molar-refractivity contribution in [3.63, 3.8) is 0 Å². The smallest absolute Gasteiger partial charge is 0.311 e. The van der Waals surface area contributed by atoms with Crippen molar-refractivity contribution in [2.45, 2.75) is 19.8 Å². The largest absolute Gasteiger partial charge is 0.452 e. The number of aryl methyl sites for hydroxylation is 2. The van der Waals surface area contributed by atoms with E-state index in [1.54, 1.807) is 43.3 Å². The second-order valence-electron chi connectivity index (χ2n) is 6.70. The summed E-state index contributed by atoms with van der Waals surface area (Å²) in [5.74, 6) is 0.623. The lowest BCUT2D eigenvalue weighted by molar-refractivity contribution is -0.134. The molecule has 6 nitrogen and oxygen atoms in total. The molecule has 0 saturated carbocycles. The molecule has 0 fully saturated rings. The highest BCUT2D eigenvalue weighted by Crippen LogP contribution is 2.37. The highest BCUT2D eigenvalue weighted by atomic mass is 35.5. The Morgan fingerprint density at radius 2 is 2.03 bits per heavy atom. The van der Waals surface area contributed by atoms with Gasteiger partial charge in [0.05, 0.1) is 12.0 Å². The van der Waals surface area contributed by atoms with Crippen molar-refractivity contribution < 1.29 is 23.6 Å². The van der Waals surface area contributed by atoms with Crippen LogP contribution in [0.25, 0.3) is 6.08 Å². The summed E-state index contributed by atoms with van der Waals surface area (Å²) in [5, 5.41) is 4.35. The third kappa shape index (κ3) is 4.40. The molecule has 4 rings (SSSR count). The first-order valence-corrected chi connectivity index (χ1v) is 9.81. The van der Waals surface area contributed by atoms with Gasteiger partial charge in [-0.1, -0.05) is 40.5 Å². The number of halogens is 2. The Hall–Kier alpha value is -3.09. The van der Waals surface area contributed by atoms with E-state index in [-0.39, 0.29) is 23.1 Å². The van der Waals surface area contributed by atoms with E-state index in [9.17, 15) is 9.59 Å². The van der Waals surface area contributed by atoms with Gasteiger partial charge in [0.1, 0.15) is 17.3 Å². The number of esters is 1. The van der Waals surface area contributed by atoms with Crippen LogP contribution >= 0.6 is 23.2 Å². The monoisotopic (exact) mass is 443 g/mol. The van der Waals surface area contributed by atoms with Gasteiger partial charge in [0.15, 0.2) is 10.9 Å². The molecule has 30 heavy (non-hydrogen) atoms. The molecule has 1 aromatic heterocycles. The van der Waals surface area contributed by atoms with Gasteiger partial charge in [0.2, 0.25) is 5.78 Å². The Bertz CT molecular complexity index is 1180. The number of hydrogen-bond donors (Lipinski definition) is 0. The maximum absolute atomic E-state index is 12.7. The first-order chi connectivity index (χ1) is 14.4. The van der Waals surface area contributed by atoms with E-state index >= 15 is 0 Å². The fraction of sp³-hybridized carbons (Fsp3) is 0.136. The number of allylic oxidation sites excluding steroid dienone is 1. The Balaban J connectivity index is 1.49. The summed E-state index contributed by atoms with van der Waals surface area (Å²) in [6.45, 7) is 1.76. The summed E-state index contributed by atoms with van der Waals surface area (Å²) >= 11 is 11.7. The molecule has 1 aliphatic heterocycles. The molecule has 2 heterocycles. The van der Waals surface area contributed by atoms with Crippen LogP contribution in [0.15, 0.2) is 52.7 Å². The van der Waals surface area contributed by atoms with Crippen LogP contribution < -0.4 is 9.47 Å². The van der Waals surface area contributed by atoms with Crippen LogP contribution in [0.3, 0.4) is 0 Å². The van der Waals surface area contributed by atoms with Crippen LogP contribution in [-0.4, -0.2) is 16.9 Å². The topological polar surface area (TPSA) is 78.6 Å². The van der Waals surface area contributed by atoms with E-state index in [0.717, 1.165) is 5.56 Å². The first kappa shape index (κ1) is 20.2. The Kier molecular flexibility index (Phi) is 5.61. The maximum Gasteiger partial charge on any atom is 0.311 e. The molecule has 0 saturated heterocycles. The van der Waals surface area contributed by atoms with Crippen molar-refractivity contribution in [1.29, 1.82) is 0 Å². The zero-order valence-electron chi connectivity index (χ0n) is 15.8. The van der Waals surface area contributed by atoms with Gasteiger partial charge in [-0.15, -0.1) is 0 Å². The summed E-state index contributed by atoms with van der Waals surface area (Å²) in [5.41, 5.74) is 1.84. The summed E-state index contributed by atoms with van der Waals surface area (Å²) < 4.78 is 16.1. The third-order valence-electron chi connectivity index (χ3n) is 4.43. The quantitative estimate of drug-likeness (QED) is 0.296. The van der Waals surface area contributed by atoms with Gasteiger partial charge in [-0.05, 0) is 42.3 Å². The summed E-state index contributed by atoms with van der Waals surface area (Å²) in [7, 11) is 0. The Morgan fingerprint density at radius 1 is 1.20 bits per heavy atom. The number of aromatic nitrogens is 1. The lowest BCUT2D eigenvalue weighted by atomic mass is 10.0. The first-order valence-electron chi connectivity index (χ1n) is 9.05. The molecule has 0 bridgehead atoms. The van der Waals surface area contributed by atoms with Crippen molar-refractivity contribution >= 4 is 41.0 Å². The van der Waals surface area contributed by atoms with E-state index in [0.29, 0.717) is 39.8 Å². The zero-order valence-corrected chi connectivity index (χ0v) is 17.3. The van der Waals surface area contributed by atoms with Gasteiger partial charge in [-0.2, -0.15) is 0 Å². The number of fused-ring (bicyclic) bond motifs is 1. The summed E-state index contributed by atoms with van der Waals surface area (Å²) in [4.78, 5) is 24.9. The number of carbonyl (C=O) groups is 2. The minimum absolute atomic E-state index is 0.0847. The van der Waals surface area contributed by atoms with Crippen LogP contribution in [0.2, 0.25) is 10.2 Å². The number of Topliss-reactive ketones (excluding diaryl/α,β-unsaturated/α-hetero) is 1. The standard InChI is InChI=1S/C22H15Cl2NO5/c1-12-7-16(28-20(26)6-5-15-11-19(24)25-30-15)10-17-21(12)22(27)18(29-17)9-13-3-2-4-14(23)8-13/h2-4,7-11H,5-6H2,1H3/b18-9-. The number of nitrogens with zero attached hydrogens (tertiary/aromatic N) is 1. The minimum Gasteiger partial charge on any atom is -0.452 e. The van der Waals surface area contributed by atoms with E-state index in [1.807, 2.05) is 6.07 Å². The van der Waals surface area contributed by atoms with E-state index in [1.165, 1.54) is 6.07 Å². The van der Waals surface area contributed by atoms with Crippen molar-refractivity contribution in [3.8, 4) is 11.5 Å². The molecule has 0 N–H and O–H groups in total. The van der Waals surface area contributed by atoms with Crippen LogP contribution in [0.1, 0.15) is 33.7 Å². The van der Waals surface area contributed by atoms with Crippen LogP contribution in [0.5, 0.6) is 11.5 Å². The normalized spacial score (nSPS) is 14.0. The molecule has 2 aromatic carbocycles. The van der Waals surface area contributed by atoms with E-state index in [4.69, 9.17) is 37.2 Å². The third-order valence-corrected chi connectivity index (χ3v) is 4.84. The van der Waals surface area contributed by atoms with Crippen LogP contribution in [-0.2, 0) is 11.2 Å². The molecule has 0 aliphatic carbocycles. The van der Waals surface area contributed by atoms with Gasteiger partial charge in [-0.25, -0.2) is 0 Å². The average molecular weight is 444 g/mol. The predicted molar refractivity (Wildman–Crippen MR) is 111 cm³/mol. The van der Waals surface area contributed by atoms with E-state index < -0.39 is 5.97 Å². The minimum atomic E-state index is -0.458. The Labute approximate surface area is 182 Å². The lowest BCUT2D eigenvalue weighted by Crippen LogP contribution is -2.09.